The zero-order chi connectivity index (χ0) is 16.4. The number of amides is 1. The normalized spacial score (nSPS) is 16.2. The molecule has 2 rings (SSSR count). The Bertz CT molecular complexity index is 643. The van der Waals surface area contributed by atoms with Crippen molar-refractivity contribution in [2.75, 3.05) is 11.1 Å². The lowest BCUT2D eigenvalue weighted by Gasteiger charge is -2.21. The number of anilines is 1. The number of Topliss-reactive ketones (excluding diaryl/α,β-unsaturated/α-hetero) is 1. The number of aliphatic hydroxyl groups excluding tert-OH is 2. The fourth-order valence-corrected chi connectivity index (χ4v) is 3.07. The molecule has 2 atom stereocenters. The predicted molar refractivity (Wildman–Crippen MR) is 82.9 cm³/mol. The van der Waals surface area contributed by atoms with Crippen LogP contribution in [0.1, 0.15) is 40.9 Å². The molecule has 22 heavy (non-hydrogen) atoms. The van der Waals surface area contributed by atoms with E-state index in [0.717, 1.165) is 11.8 Å². The first-order valence-electron chi connectivity index (χ1n) is 6.81. The number of fused-ring (bicyclic) bond motifs is 1. The van der Waals surface area contributed by atoms with Gasteiger partial charge in [-0.25, -0.2) is 0 Å². The number of hydrogen-bond donors (Lipinski definition) is 3. The van der Waals surface area contributed by atoms with Gasteiger partial charge in [-0.1, -0.05) is 17.8 Å². The predicted octanol–water partition coefficient (Wildman–Crippen LogP) is 1.19. The van der Waals surface area contributed by atoms with E-state index in [0.29, 0.717) is 17.0 Å². The van der Waals surface area contributed by atoms with Gasteiger partial charge >= 0.3 is 0 Å². The Labute approximate surface area is 131 Å². The van der Waals surface area contributed by atoms with Gasteiger partial charge < -0.3 is 15.5 Å². The van der Waals surface area contributed by atoms with E-state index >= 15 is 0 Å². The summed E-state index contributed by atoms with van der Waals surface area (Å²) in [5.74, 6) is -1.08. The third kappa shape index (κ3) is 3.21. The van der Waals surface area contributed by atoms with Crippen LogP contribution in [0, 0.1) is 6.92 Å². The highest BCUT2D eigenvalue weighted by molar-refractivity contribution is 8.13. The minimum absolute atomic E-state index is 0.0663. The van der Waals surface area contributed by atoms with Crippen molar-refractivity contribution in [2.45, 2.75) is 32.5 Å². The molecule has 2 unspecified atom stereocenters. The zero-order valence-electron chi connectivity index (χ0n) is 12.3. The molecule has 0 saturated carbocycles. The number of thioether (sulfide) groups is 1. The van der Waals surface area contributed by atoms with Crippen molar-refractivity contribution in [1.82, 2.24) is 0 Å². The van der Waals surface area contributed by atoms with E-state index in [1.165, 1.54) is 6.92 Å². The van der Waals surface area contributed by atoms with Crippen LogP contribution >= 0.6 is 11.8 Å². The Hall–Kier alpha value is -1.70. The Kier molecular flexibility index (Phi) is 5.00. The molecule has 6 nitrogen and oxygen atoms in total. The Morgan fingerprint density at radius 1 is 1.32 bits per heavy atom. The quantitative estimate of drug-likeness (QED) is 0.703. The smallest absolute Gasteiger partial charge is 0.296 e. The van der Waals surface area contributed by atoms with Crippen LogP contribution < -0.4 is 5.32 Å². The number of aryl methyl sites for hydroxylation is 1. The van der Waals surface area contributed by atoms with Crippen molar-refractivity contribution in [2.24, 2.45) is 0 Å². The van der Waals surface area contributed by atoms with Gasteiger partial charge in [0.25, 0.3) is 11.7 Å². The van der Waals surface area contributed by atoms with Gasteiger partial charge in [-0.05, 0) is 30.5 Å². The van der Waals surface area contributed by atoms with Crippen molar-refractivity contribution >= 4 is 34.3 Å². The molecule has 0 aromatic heterocycles. The highest BCUT2D eigenvalue weighted by atomic mass is 32.2. The van der Waals surface area contributed by atoms with Gasteiger partial charge in [-0.2, -0.15) is 0 Å². The second kappa shape index (κ2) is 6.60. The molecule has 0 bridgehead atoms. The number of benzene rings is 1. The lowest BCUT2D eigenvalue weighted by molar-refractivity contribution is -0.112. The summed E-state index contributed by atoms with van der Waals surface area (Å²) in [6.45, 7) is 3.13. The first-order valence-corrected chi connectivity index (χ1v) is 7.80. The van der Waals surface area contributed by atoms with Crippen molar-refractivity contribution in [3.05, 3.63) is 28.8 Å². The molecule has 1 aliphatic heterocycles. The number of rotatable bonds is 5. The van der Waals surface area contributed by atoms with Gasteiger partial charge in [0.05, 0.1) is 17.4 Å². The summed E-state index contributed by atoms with van der Waals surface area (Å²) in [5.41, 5.74) is 1.35. The average molecular weight is 323 g/mol. The molecule has 1 amide bonds. The molecule has 0 saturated heterocycles. The largest absolute Gasteiger partial charge is 0.390 e. The van der Waals surface area contributed by atoms with Gasteiger partial charge in [0, 0.05) is 12.7 Å². The van der Waals surface area contributed by atoms with E-state index in [1.54, 1.807) is 19.1 Å². The molecule has 0 fully saturated rings. The molecule has 0 aliphatic carbocycles. The van der Waals surface area contributed by atoms with Crippen molar-refractivity contribution < 1.29 is 24.6 Å². The van der Waals surface area contributed by atoms with E-state index in [4.69, 9.17) is 0 Å². The maximum absolute atomic E-state index is 11.9. The molecular formula is C15H17NO5S. The average Bonchev–Trinajstić information content (AvgIpc) is 2.73. The summed E-state index contributed by atoms with van der Waals surface area (Å²) in [5, 5.41) is 22.8. The first kappa shape index (κ1) is 16.7. The van der Waals surface area contributed by atoms with Gasteiger partial charge in [0.1, 0.15) is 6.10 Å². The van der Waals surface area contributed by atoms with Crippen LogP contribution in [0.2, 0.25) is 0 Å². The second-order valence-electron chi connectivity index (χ2n) is 5.14. The fraction of sp³-hybridized carbons (Fsp3) is 0.400. The molecule has 1 aliphatic rings. The lowest BCUT2D eigenvalue weighted by atomic mass is 9.91. The summed E-state index contributed by atoms with van der Waals surface area (Å²) >= 11 is 1.06. The third-order valence-corrected chi connectivity index (χ3v) is 4.37. The van der Waals surface area contributed by atoms with E-state index in [9.17, 15) is 24.6 Å². The standard InChI is InChI=1S/C15H17NO5S/c1-7-3-4-9-12(14(20)15(21)16-9)11(7)13(19)10(18)5-6-22-8(2)17/h3-4,10,13,18-19H,5-6H2,1-2H3,(H,16,20,21). The highest BCUT2D eigenvalue weighted by Gasteiger charge is 2.35. The molecule has 0 radical (unpaired) electrons. The number of carbonyl (C=O) groups excluding carboxylic acids is 3. The van der Waals surface area contributed by atoms with Gasteiger partial charge in [0.2, 0.25) is 0 Å². The maximum Gasteiger partial charge on any atom is 0.296 e. The van der Waals surface area contributed by atoms with E-state index in [-0.39, 0.29) is 22.7 Å². The topological polar surface area (TPSA) is 104 Å². The summed E-state index contributed by atoms with van der Waals surface area (Å²) in [4.78, 5) is 34.3. The van der Waals surface area contributed by atoms with Crippen molar-refractivity contribution in [3.63, 3.8) is 0 Å². The Morgan fingerprint density at radius 3 is 2.64 bits per heavy atom. The fourth-order valence-electron chi connectivity index (χ4n) is 2.42. The number of carbonyl (C=O) groups is 3. The summed E-state index contributed by atoms with van der Waals surface area (Å²) < 4.78 is 0. The molecule has 3 N–H and O–H groups in total. The number of aliphatic hydroxyl groups is 2. The molecule has 118 valence electrons. The van der Waals surface area contributed by atoms with Crippen LogP contribution in [0.4, 0.5) is 5.69 Å². The molecule has 7 heteroatoms. The summed E-state index contributed by atoms with van der Waals surface area (Å²) in [7, 11) is 0. The van der Waals surface area contributed by atoms with E-state index < -0.39 is 23.9 Å². The monoisotopic (exact) mass is 323 g/mol. The van der Waals surface area contributed by atoms with Crippen LogP contribution in [-0.2, 0) is 9.59 Å². The van der Waals surface area contributed by atoms with Crippen molar-refractivity contribution in [1.29, 1.82) is 0 Å². The summed E-state index contributed by atoms with van der Waals surface area (Å²) in [6.07, 6.45) is -2.22. The number of ketones is 1. The van der Waals surface area contributed by atoms with Crippen LogP contribution in [-0.4, -0.2) is 38.9 Å². The third-order valence-electron chi connectivity index (χ3n) is 3.52. The molecular weight excluding hydrogens is 306 g/mol. The Morgan fingerprint density at radius 2 is 2.00 bits per heavy atom. The summed E-state index contributed by atoms with van der Waals surface area (Å²) in [6, 6.07) is 3.27. The minimum Gasteiger partial charge on any atom is -0.390 e. The molecule has 1 heterocycles. The Balaban J connectivity index is 2.25. The van der Waals surface area contributed by atoms with E-state index in [2.05, 4.69) is 5.32 Å². The van der Waals surface area contributed by atoms with E-state index in [1.807, 2.05) is 0 Å². The SMILES string of the molecule is CC(=O)SCCC(O)C(O)c1c(C)ccc2c1C(=O)C(=O)N2. The minimum atomic E-state index is -1.29. The van der Waals surface area contributed by atoms with Crippen molar-refractivity contribution in [3.8, 4) is 0 Å². The van der Waals surface area contributed by atoms with Crippen LogP contribution in [0.15, 0.2) is 12.1 Å². The van der Waals surface area contributed by atoms with Crippen LogP contribution in [0.3, 0.4) is 0 Å². The number of nitrogens with one attached hydrogen (secondary N) is 1. The van der Waals surface area contributed by atoms with Gasteiger partial charge in [-0.3, -0.25) is 14.4 Å². The van der Waals surface area contributed by atoms with Gasteiger partial charge in [0.15, 0.2) is 5.12 Å². The molecule has 0 spiro atoms. The second-order valence-corrected chi connectivity index (χ2v) is 6.41. The number of hydrogen-bond acceptors (Lipinski definition) is 6. The zero-order valence-corrected chi connectivity index (χ0v) is 13.1. The maximum atomic E-state index is 11.9. The van der Waals surface area contributed by atoms with Crippen LogP contribution in [0.25, 0.3) is 0 Å². The van der Waals surface area contributed by atoms with Crippen LogP contribution in [0.5, 0.6) is 0 Å². The molecule has 1 aromatic rings. The lowest BCUT2D eigenvalue weighted by Crippen LogP contribution is -2.22. The van der Waals surface area contributed by atoms with Gasteiger partial charge in [-0.15, -0.1) is 0 Å². The first-order chi connectivity index (χ1) is 10.3. The molecule has 1 aromatic carbocycles. The highest BCUT2D eigenvalue weighted by Crippen LogP contribution is 2.34.